The van der Waals surface area contributed by atoms with Gasteiger partial charge in [-0.1, -0.05) is 6.07 Å². The van der Waals surface area contributed by atoms with Crippen LogP contribution in [-0.2, 0) is 9.53 Å². The molecule has 0 bridgehead atoms. The van der Waals surface area contributed by atoms with E-state index in [1.807, 2.05) is 6.92 Å². The van der Waals surface area contributed by atoms with Crippen molar-refractivity contribution in [3.8, 4) is 23.0 Å². The lowest BCUT2D eigenvalue weighted by molar-refractivity contribution is -0.129. The molecule has 178 valence electrons. The molecule has 0 saturated carbocycles. The first kappa shape index (κ1) is 23.6. The van der Waals surface area contributed by atoms with Gasteiger partial charge in [0.1, 0.15) is 11.5 Å². The van der Waals surface area contributed by atoms with Gasteiger partial charge in [-0.2, -0.15) is 0 Å². The summed E-state index contributed by atoms with van der Waals surface area (Å²) in [4.78, 5) is 29.3. The first-order valence-corrected chi connectivity index (χ1v) is 10.8. The van der Waals surface area contributed by atoms with Crippen molar-refractivity contribution in [3.63, 3.8) is 0 Å². The molecular weight excluding hydrogens is 450 g/mol. The number of rotatable bonds is 8. The van der Waals surface area contributed by atoms with Gasteiger partial charge in [-0.25, -0.2) is 14.6 Å². The topological polar surface area (TPSA) is 92.6 Å². The molecule has 0 N–H and O–H groups in total. The van der Waals surface area contributed by atoms with E-state index in [2.05, 4.69) is 4.99 Å². The zero-order valence-corrected chi connectivity index (χ0v) is 19.4. The standard InChI is InChI=1S/C27H23NO7/c1-4-33-24-16-17(5-14-23(24)34-26(29)19-8-12-21(32-3)13-9-19)15-22-27(30)35-25(28-22)18-6-10-20(31-2)11-7-18/h5-16H,4H2,1-3H3/b22-15+. The summed E-state index contributed by atoms with van der Waals surface area (Å²) in [5.41, 5.74) is 1.79. The number of nitrogens with zero attached hydrogens (tertiary/aromatic N) is 1. The van der Waals surface area contributed by atoms with E-state index < -0.39 is 11.9 Å². The molecule has 1 aliphatic rings. The lowest BCUT2D eigenvalue weighted by atomic mass is 10.1. The molecule has 8 nitrogen and oxygen atoms in total. The van der Waals surface area contributed by atoms with Crippen molar-refractivity contribution in [3.05, 3.63) is 89.1 Å². The summed E-state index contributed by atoms with van der Waals surface area (Å²) in [6, 6.07) is 18.6. The van der Waals surface area contributed by atoms with Crippen LogP contribution >= 0.6 is 0 Å². The maximum absolute atomic E-state index is 12.6. The number of cyclic esters (lactones) is 1. The highest BCUT2D eigenvalue weighted by Crippen LogP contribution is 2.31. The third-order valence-corrected chi connectivity index (χ3v) is 5.06. The predicted molar refractivity (Wildman–Crippen MR) is 129 cm³/mol. The number of ether oxygens (including phenoxy) is 5. The number of hydrogen-bond acceptors (Lipinski definition) is 8. The van der Waals surface area contributed by atoms with E-state index in [9.17, 15) is 9.59 Å². The van der Waals surface area contributed by atoms with E-state index in [-0.39, 0.29) is 17.3 Å². The normalized spacial score (nSPS) is 13.7. The van der Waals surface area contributed by atoms with Crippen LogP contribution in [0.1, 0.15) is 28.4 Å². The van der Waals surface area contributed by atoms with Crippen LogP contribution < -0.4 is 18.9 Å². The highest BCUT2D eigenvalue weighted by Gasteiger charge is 2.24. The first-order chi connectivity index (χ1) is 17.0. The van der Waals surface area contributed by atoms with Crippen LogP contribution in [0.5, 0.6) is 23.0 Å². The van der Waals surface area contributed by atoms with Gasteiger partial charge >= 0.3 is 11.9 Å². The van der Waals surface area contributed by atoms with Gasteiger partial charge in [0.2, 0.25) is 5.90 Å². The van der Waals surface area contributed by atoms with Crippen LogP contribution in [0.4, 0.5) is 0 Å². The fourth-order valence-corrected chi connectivity index (χ4v) is 3.28. The zero-order chi connectivity index (χ0) is 24.8. The van der Waals surface area contributed by atoms with Crippen LogP contribution in [0.15, 0.2) is 77.4 Å². The first-order valence-electron chi connectivity index (χ1n) is 10.8. The largest absolute Gasteiger partial charge is 0.497 e. The van der Waals surface area contributed by atoms with Crippen molar-refractivity contribution >= 4 is 23.9 Å². The molecule has 0 saturated heterocycles. The molecule has 3 aromatic rings. The predicted octanol–water partition coefficient (Wildman–Crippen LogP) is 4.67. The van der Waals surface area contributed by atoms with Gasteiger partial charge in [0.25, 0.3) is 0 Å². The molecular formula is C27H23NO7. The Morgan fingerprint density at radius 3 is 2.20 bits per heavy atom. The van der Waals surface area contributed by atoms with E-state index >= 15 is 0 Å². The van der Waals surface area contributed by atoms with Crippen molar-refractivity contribution in [2.45, 2.75) is 6.92 Å². The molecule has 0 aromatic heterocycles. The Bertz CT molecular complexity index is 1290. The lowest BCUT2D eigenvalue weighted by Crippen LogP contribution is -2.09. The summed E-state index contributed by atoms with van der Waals surface area (Å²) in [6.07, 6.45) is 1.58. The van der Waals surface area contributed by atoms with E-state index in [0.29, 0.717) is 40.5 Å². The van der Waals surface area contributed by atoms with Gasteiger partial charge in [-0.3, -0.25) is 0 Å². The van der Waals surface area contributed by atoms with Crippen molar-refractivity contribution in [1.82, 2.24) is 0 Å². The van der Waals surface area contributed by atoms with Gasteiger partial charge in [0, 0.05) is 5.56 Å². The minimum absolute atomic E-state index is 0.140. The number of benzene rings is 3. The van der Waals surface area contributed by atoms with Crippen molar-refractivity contribution < 1.29 is 33.3 Å². The van der Waals surface area contributed by atoms with Crippen LogP contribution in [0.25, 0.3) is 6.08 Å². The molecule has 0 unspecified atom stereocenters. The molecule has 1 heterocycles. The highest BCUT2D eigenvalue weighted by molar-refractivity contribution is 6.12. The highest BCUT2D eigenvalue weighted by atomic mass is 16.6. The van der Waals surface area contributed by atoms with Crippen LogP contribution in [0.3, 0.4) is 0 Å². The van der Waals surface area contributed by atoms with Gasteiger partial charge in [0.05, 0.1) is 26.4 Å². The Morgan fingerprint density at radius 1 is 0.914 bits per heavy atom. The van der Waals surface area contributed by atoms with E-state index in [1.54, 1.807) is 87.0 Å². The third-order valence-electron chi connectivity index (χ3n) is 5.06. The molecule has 0 aliphatic carbocycles. The van der Waals surface area contributed by atoms with Crippen molar-refractivity contribution in [1.29, 1.82) is 0 Å². The molecule has 0 fully saturated rings. The lowest BCUT2D eigenvalue weighted by Gasteiger charge is -2.11. The van der Waals surface area contributed by atoms with Gasteiger partial charge in [-0.05, 0) is 79.2 Å². The number of carbonyl (C=O) groups is 2. The average Bonchev–Trinajstić information content (AvgIpc) is 3.25. The minimum atomic E-state index is -0.566. The number of hydrogen-bond donors (Lipinski definition) is 0. The van der Waals surface area contributed by atoms with E-state index in [1.165, 1.54) is 0 Å². The zero-order valence-electron chi connectivity index (χ0n) is 19.4. The van der Waals surface area contributed by atoms with Crippen LogP contribution in [-0.4, -0.2) is 38.7 Å². The Hall–Kier alpha value is -4.59. The smallest absolute Gasteiger partial charge is 0.363 e. The molecule has 3 aromatic carbocycles. The number of esters is 2. The van der Waals surface area contributed by atoms with Gasteiger partial charge in [-0.15, -0.1) is 0 Å². The van der Waals surface area contributed by atoms with Crippen molar-refractivity contribution in [2.24, 2.45) is 4.99 Å². The van der Waals surface area contributed by atoms with E-state index in [4.69, 9.17) is 23.7 Å². The summed E-state index contributed by atoms with van der Waals surface area (Å²) in [7, 11) is 3.12. The number of aliphatic imine (C=N–C) groups is 1. The van der Waals surface area contributed by atoms with Crippen LogP contribution in [0.2, 0.25) is 0 Å². The van der Waals surface area contributed by atoms with Crippen LogP contribution in [0, 0.1) is 0 Å². The second-order valence-electron chi connectivity index (χ2n) is 7.32. The van der Waals surface area contributed by atoms with E-state index in [0.717, 1.165) is 0 Å². The third kappa shape index (κ3) is 5.50. The number of carbonyl (C=O) groups excluding carboxylic acids is 2. The Kier molecular flexibility index (Phi) is 7.11. The molecule has 1 aliphatic heterocycles. The Labute approximate surface area is 202 Å². The minimum Gasteiger partial charge on any atom is -0.497 e. The molecule has 0 amide bonds. The SMILES string of the molecule is CCOc1cc(/C=C2/N=C(c3ccc(OC)cc3)OC2=O)ccc1OC(=O)c1ccc(OC)cc1. The fourth-order valence-electron chi connectivity index (χ4n) is 3.28. The molecule has 0 radical (unpaired) electrons. The molecule has 4 rings (SSSR count). The monoisotopic (exact) mass is 473 g/mol. The van der Waals surface area contributed by atoms with Gasteiger partial charge < -0.3 is 23.7 Å². The average molecular weight is 473 g/mol. The maximum Gasteiger partial charge on any atom is 0.363 e. The molecule has 35 heavy (non-hydrogen) atoms. The maximum atomic E-state index is 12.6. The fraction of sp³-hybridized carbons (Fsp3) is 0.148. The van der Waals surface area contributed by atoms with Gasteiger partial charge in [0.15, 0.2) is 17.2 Å². The quantitative estimate of drug-likeness (QED) is 0.267. The second kappa shape index (κ2) is 10.6. The summed E-state index contributed by atoms with van der Waals surface area (Å²) >= 11 is 0. The summed E-state index contributed by atoms with van der Waals surface area (Å²) < 4.78 is 26.8. The Balaban J connectivity index is 1.56. The summed E-state index contributed by atoms with van der Waals surface area (Å²) in [5.74, 6) is 1.04. The Morgan fingerprint density at radius 2 is 1.57 bits per heavy atom. The summed E-state index contributed by atoms with van der Waals surface area (Å²) in [5, 5.41) is 0. The molecule has 0 atom stereocenters. The van der Waals surface area contributed by atoms with Crippen molar-refractivity contribution in [2.75, 3.05) is 20.8 Å². The summed E-state index contributed by atoms with van der Waals surface area (Å²) in [6.45, 7) is 2.18. The molecule has 0 spiro atoms. The number of methoxy groups -OCH3 is 2. The second-order valence-corrected chi connectivity index (χ2v) is 7.32. The molecule has 8 heteroatoms.